The van der Waals surface area contributed by atoms with Crippen LogP contribution >= 0.6 is 0 Å². The molecule has 1 aliphatic heterocycles. The van der Waals surface area contributed by atoms with Crippen LogP contribution in [0, 0.1) is 6.92 Å². The number of sulfonamides is 2. The van der Waals surface area contributed by atoms with Gasteiger partial charge in [-0.3, -0.25) is 4.31 Å². The average Bonchev–Trinajstić information content (AvgIpc) is 2.74. The van der Waals surface area contributed by atoms with Crippen molar-refractivity contribution in [2.75, 3.05) is 36.4 Å². The average molecular weight is 469 g/mol. The molecular formula is C21H28N2O6S2. The largest absolute Gasteiger partial charge is 0.394 e. The zero-order valence-electron chi connectivity index (χ0n) is 17.4. The Hall–Kier alpha value is -1.98. The number of ether oxygens (including phenoxy) is 1. The summed E-state index contributed by atoms with van der Waals surface area (Å²) in [6.45, 7) is 2.25. The monoisotopic (exact) mass is 468 g/mol. The summed E-state index contributed by atoms with van der Waals surface area (Å²) in [6.07, 6.45) is 0.852. The maximum Gasteiger partial charge on any atom is 0.240 e. The van der Waals surface area contributed by atoms with Crippen LogP contribution in [0.25, 0.3) is 0 Å². The second-order valence-electron chi connectivity index (χ2n) is 7.43. The minimum Gasteiger partial charge on any atom is -0.394 e. The molecule has 10 heteroatoms. The van der Waals surface area contributed by atoms with Gasteiger partial charge in [-0.15, -0.1) is 0 Å². The van der Waals surface area contributed by atoms with E-state index in [1.807, 2.05) is 31.2 Å². The van der Waals surface area contributed by atoms with Gasteiger partial charge in [0.1, 0.15) is 0 Å². The molecule has 1 unspecified atom stereocenters. The van der Waals surface area contributed by atoms with Crippen LogP contribution in [-0.4, -0.2) is 54.0 Å². The second kappa shape index (κ2) is 10.1. The molecule has 0 saturated carbocycles. The molecule has 0 aromatic heterocycles. The summed E-state index contributed by atoms with van der Waals surface area (Å²) in [5.74, 6) is 0.100. The molecule has 3 rings (SSSR count). The Labute approximate surface area is 184 Å². The van der Waals surface area contributed by atoms with Crippen molar-refractivity contribution in [2.45, 2.75) is 30.8 Å². The molecule has 31 heavy (non-hydrogen) atoms. The fourth-order valence-corrected chi connectivity index (χ4v) is 6.06. The lowest BCUT2D eigenvalue weighted by Gasteiger charge is -2.28. The summed E-state index contributed by atoms with van der Waals surface area (Å²) < 4.78 is 59.5. The molecule has 2 N–H and O–H groups in total. The molecule has 0 amide bonds. The predicted octanol–water partition coefficient (Wildman–Crippen LogP) is 1.95. The number of hydrogen-bond acceptors (Lipinski definition) is 6. The summed E-state index contributed by atoms with van der Waals surface area (Å²) in [5.41, 5.74) is 2.33. The molecule has 0 radical (unpaired) electrons. The first-order chi connectivity index (χ1) is 14.7. The molecule has 1 atom stereocenters. The van der Waals surface area contributed by atoms with Crippen molar-refractivity contribution in [3.8, 4) is 0 Å². The summed E-state index contributed by atoms with van der Waals surface area (Å²) in [4.78, 5) is 0.0375. The third kappa shape index (κ3) is 6.05. The molecule has 170 valence electrons. The summed E-state index contributed by atoms with van der Waals surface area (Å²) in [7, 11) is -7.19. The molecule has 0 bridgehead atoms. The standard InChI is InChI=1S/C21H28N2O6S2/c1-17-4-6-18(7-5-17)21(29-14-13-24)16-22-31(27,28)20-10-8-19(9-11-20)23-12-2-3-15-30(23,25)26/h4-11,21-22,24H,2-3,12-16H2,1H3. The fraction of sp³-hybridized carbons (Fsp3) is 0.429. The molecule has 2 aromatic rings. The van der Waals surface area contributed by atoms with E-state index in [0.717, 1.165) is 17.5 Å². The Kier molecular flexibility index (Phi) is 7.71. The Morgan fingerprint density at radius 3 is 2.39 bits per heavy atom. The number of anilines is 1. The van der Waals surface area contributed by atoms with E-state index in [-0.39, 0.29) is 30.4 Å². The number of nitrogens with one attached hydrogen (secondary N) is 1. The molecule has 1 heterocycles. The highest BCUT2D eigenvalue weighted by Crippen LogP contribution is 2.25. The van der Waals surface area contributed by atoms with Crippen molar-refractivity contribution in [1.29, 1.82) is 0 Å². The maximum absolute atomic E-state index is 12.8. The second-order valence-corrected chi connectivity index (χ2v) is 11.2. The van der Waals surface area contributed by atoms with Crippen molar-refractivity contribution in [1.82, 2.24) is 4.72 Å². The van der Waals surface area contributed by atoms with Crippen LogP contribution in [0.4, 0.5) is 5.69 Å². The quantitative estimate of drug-likeness (QED) is 0.582. The minimum atomic E-state index is -3.83. The molecule has 8 nitrogen and oxygen atoms in total. The van der Waals surface area contributed by atoms with E-state index in [1.54, 1.807) is 0 Å². The number of aryl methyl sites for hydroxylation is 1. The Bertz CT molecular complexity index is 1070. The van der Waals surface area contributed by atoms with Crippen LogP contribution < -0.4 is 9.03 Å². The molecular weight excluding hydrogens is 440 g/mol. The minimum absolute atomic E-state index is 0.00630. The zero-order valence-corrected chi connectivity index (χ0v) is 19.0. The van der Waals surface area contributed by atoms with Gasteiger partial charge < -0.3 is 9.84 Å². The van der Waals surface area contributed by atoms with Gasteiger partial charge in [0.2, 0.25) is 20.0 Å². The number of nitrogens with zero attached hydrogens (tertiary/aromatic N) is 1. The van der Waals surface area contributed by atoms with E-state index in [1.165, 1.54) is 28.6 Å². The van der Waals surface area contributed by atoms with E-state index in [0.29, 0.717) is 18.7 Å². The summed E-state index contributed by atoms with van der Waals surface area (Å²) in [6, 6.07) is 13.4. The van der Waals surface area contributed by atoms with E-state index in [2.05, 4.69) is 4.72 Å². The normalized spacial score (nSPS) is 17.4. The van der Waals surface area contributed by atoms with Crippen molar-refractivity contribution < 1.29 is 26.7 Å². The molecule has 0 aliphatic carbocycles. The number of rotatable bonds is 9. The van der Waals surface area contributed by atoms with Crippen LogP contribution in [0.2, 0.25) is 0 Å². The van der Waals surface area contributed by atoms with Gasteiger partial charge in [0.15, 0.2) is 0 Å². The van der Waals surface area contributed by atoms with Crippen LogP contribution in [0.1, 0.15) is 30.1 Å². The highest BCUT2D eigenvalue weighted by Gasteiger charge is 2.26. The van der Waals surface area contributed by atoms with Crippen LogP contribution in [0.5, 0.6) is 0 Å². The maximum atomic E-state index is 12.8. The Morgan fingerprint density at radius 1 is 1.10 bits per heavy atom. The van der Waals surface area contributed by atoms with Gasteiger partial charge >= 0.3 is 0 Å². The highest BCUT2D eigenvalue weighted by molar-refractivity contribution is 7.92. The predicted molar refractivity (Wildman–Crippen MR) is 119 cm³/mol. The number of aliphatic hydroxyl groups excluding tert-OH is 1. The van der Waals surface area contributed by atoms with Crippen molar-refractivity contribution >= 4 is 25.7 Å². The van der Waals surface area contributed by atoms with Crippen LogP contribution in [0.15, 0.2) is 53.4 Å². The topological polar surface area (TPSA) is 113 Å². The highest BCUT2D eigenvalue weighted by atomic mass is 32.2. The molecule has 0 spiro atoms. The SMILES string of the molecule is Cc1ccc(C(CNS(=O)(=O)c2ccc(N3CCCCS3(=O)=O)cc2)OCCO)cc1. The summed E-state index contributed by atoms with van der Waals surface area (Å²) >= 11 is 0. The van der Waals surface area contributed by atoms with Gasteiger partial charge in [0.25, 0.3) is 0 Å². The Morgan fingerprint density at radius 2 is 1.77 bits per heavy atom. The van der Waals surface area contributed by atoms with E-state index >= 15 is 0 Å². The van der Waals surface area contributed by atoms with Crippen molar-refractivity contribution in [3.63, 3.8) is 0 Å². The van der Waals surface area contributed by atoms with Gasteiger partial charge in [-0.25, -0.2) is 21.6 Å². The van der Waals surface area contributed by atoms with Crippen molar-refractivity contribution in [3.05, 3.63) is 59.7 Å². The third-order valence-electron chi connectivity index (χ3n) is 5.10. The van der Waals surface area contributed by atoms with Gasteiger partial charge in [0, 0.05) is 13.1 Å². The third-order valence-corrected chi connectivity index (χ3v) is 8.41. The zero-order chi connectivity index (χ0) is 22.5. The molecule has 1 saturated heterocycles. The van der Waals surface area contributed by atoms with Gasteiger partial charge in [-0.1, -0.05) is 29.8 Å². The molecule has 2 aromatic carbocycles. The first kappa shape index (κ1) is 23.7. The number of hydrogen-bond donors (Lipinski definition) is 2. The number of aliphatic hydroxyl groups is 1. The molecule has 1 aliphatic rings. The smallest absolute Gasteiger partial charge is 0.240 e. The van der Waals surface area contributed by atoms with Gasteiger partial charge in [-0.05, 0) is 49.6 Å². The number of benzene rings is 2. The first-order valence-corrected chi connectivity index (χ1v) is 13.2. The van der Waals surface area contributed by atoms with E-state index in [9.17, 15) is 16.8 Å². The van der Waals surface area contributed by atoms with E-state index in [4.69, 9.17) is 9.84 Å². The fourth-order valence-electron chi connectivity index (χ4n) is 3.39. The van der Waals surface area contributed by atoms with Crippen LogP contribution in [0.3, 0.4) is 0 Å². The molecule has 1 fully saturated rings. The lowest BCUT2D eigenvalue weighted by atomic mass is 10.1. The Balaban J connectivity index is 1.72. The summed E-state index contributed by atoms with van der Waals surface area (Å²) in [5, 5.41) is 9.07. The van der Waals surface area contributed by atoms with E-state index < -0.39 is 26.2 Å². The lowest BCUT2D eigenvalue weighted by Crippen LogP contribution is -2.37. The van der Waals surface area contributed by atoms with Crippen molar-refractivity contribution in [2.24, 2.45) is 0 Å². The van der Waals surface area contributed by atoms with Gasteiger partial charge in [-0.2, -0.15) is 0 Å². The van der Waals surface area contributed by atoms with Gasteiger partial charge in [0.05, 0.1) is 35.7 Å². The van der Waals surface area contributed by atoms with Crippen LogP contribution in [-0.2, 0) is 24.8 Å². The lowest BCUT2D eigenvalue weighted by molar-refractivity contribution is 0.0309. The first-order valence-electron chi connectivity index (χ1n) is 10.1.